The number of carbonyl (C=O) groups excluding carboxylic acids is 2. The Bertz CT molecular complexity index is 1410. The third-order valence-corrected chi connectivity index (χ3v) is 7.16. The SMILES string of the molecule is CCCCc1ccc(N2C(=O)C(Nc3cccc4ccccc34)=C(Sc3ccccc3)C2=O)cc1. The topological polar surface area (TPSA) is 49.4 Å². The molecule has 1 aliphatic rings. The van der Waals surface area contributed by atoms with Gasteiger partial charge in [-0.2, -0.15) is 0 Å². The molecule has 0 saturated carbocycles. The van der Waals surface area contributed by atoms with E-state index in [2.05, 4.69) is 12.2 Å². The monoisotopic (exact) mass is 478 g/mol. The normalized spacial score (nSPS) is 13.7. The van der Waals surface area contributed by atoms with Gasteiger partial charge in [-0.3, -0.25) is 9.59 Å². The Labute approximate surface area is 209 Å². The number of nitrogens with zero attached hydrogens (tertiary/aromatic N) is 1. The van der Waals surface area contributed by atoms with Gasteiger partial charge in [0, 0.05) is 16.0 Å². The number of rotatable bonds is 8. The average molecular weight is 479 g/mol. The van der Waals surface area contributed by atoms with Crippen molar-refractivity contribution >= 4 is 45.7 Å². The molecular formula is C30H26N2O2S. The van der Waals surface area contributed by atoms with E-state index in [9.17, 15) is 9.59 Å². The summed E-state index contributed by atoms with van der Waals surface area (Å²) < 4.78 is 0. The van der Waals surface area contributed by atoms with E-state index in [4.69, 9.17) is 0 Å². The Hall–Kier alpha value is -3.83. The number of nitrogens with one attached hydrogen (secondary N) is 1. The molecule has 0 aromatic heterocycles. The van der Waals surface area contributed by atoms with Crippen molar-refractivity contribution in [3.63, 3.8) is 0 Å². The number of imide groups is 1. The molecule has 0 fully saturated rings. The van der Waals surface area contributed by atoms with Gasteiger partial charge in [0.05, 0.1) is 5.69 Å². The third kappa shape index (κ3) is 4.73. The highest BCUT2D eigenvalue weighted by atomic mass is 32.2. The van der Waals surface area contributed by atoms with Crippen LogP contribution in [-0.2, 0) is 16.0 Å². The standard InChI is InChI=1S/C30H26N2O2S/c1-2-3-10-21-17-19-23(20-18-21)32-29(33)27(28(30(32)34)35-24-13-5-4-6-14-24)31-26-16-9-12-22-11-7-8-15-25(22)26/h4-9,11-20,31H,2-3,10H2,1H3. The first-order valence-electron chi connectivity index (χ1n) is 11.9. The zero-order chi connectivity index (χ0) is 24.2. The molecule has 0 unspecified atom stereocenters. The first-order valence-corrected chi connectivity index (χ1v) is 12.7. The first-order chi connectivity index (χ1) is 17.2. The number of hydrogen-bond acceptors (Lipinski definition) is 4. The van der Waals surface area contributed by atoms with E-state index in [1.165, 1.54) is 22.2 Å². The van der Waals surface area contributed by atoms with Gasteiger partial charge in [-0.15, -0.1) is 0 Å². The number of carbonyl (C=O) groups is 2. The molecule has 4 nitrogen and oxygen atoms in total. The Kier molecular flexibility index (Phi) is 6.68. The van der Waals surface area contributed by atoms with Crippen LogP contribution in [0.5, 0.6) is 0 Å². The van der Waals surface area contributed by atoms with Crippen molar-refractivity contribution in [1.82, 2.24) is 0 Å². The van der Waals surface area contributed by atoms with Crippen LogP contribution >= 0.6 is 11.8 Å². The molecule has 1 heterocycles. The lowest BCUT2D eigenvalue weighted by Gasteiger charge is -2.16. The van der Waals surface area contributed by atoms with Gasteiger partial charge in [0.15, 0.2) is 0 Å². The Balaban J connectivity index is 1.52. The average Bonchev–Trinajstić information content (AvgIpc) is 3.12. The van der Waals surface area contributed by atoms with Crippen molar-refractivity contribution < 1.29 is 9.59 Å². The van der Waals surface area contributed by atoms with Crippen molar-refractivity contribution in [3.8, 4) is 0 Å². The number of thioether (sulfide) groups is 1. The molecule has 0 bridgehead atoms. The second-order valence-electron chi connectivity index (χ2n) is 8.49. The van der Waals surface area contributed by atoms with E-state index < -0.39 is 0 Å². The van der Waals surface area contributed by atoms with Crippen molar-refractivity contribution in [2.24, 2.45) is 0 Å². The van der Waals surface area contributed by atoms with Gasteiger partial charge in [-0.05, 0) is 54.1 Å². The van der Waals surface area contributed by atoms with Crippen LogP contribution in [0.15, 0.2) is 113 Å². The predicted molar refractivity (Wildman–Crippen MR) is 144 cm³/mol. The molecule has 5 rings (SSSR count). The maximum absolute atomic E-state index is 13.7. The fourth-order valence-corrected chi connectivity index (χ4v) is 5.17. The highest BCUT2D eigenvalue weighted by molar-refractivity contribution is 8.04. The summed E-state index contributed by atoms with van der Waals surface area (Å²) in [7, 11) is 0. The van der Waals surface area contributed by atoms with E-state index in [0.717, 1.165) is 40.6 Å². The van der Waals surface area contributed by atoms with Crippen LogP contribution in [0, 0.1) is 0 Å². The minimum absolute atomic E-state index is 0.301. The minimum Gasteiger partial charge on any atom is -0.349 e. The van der Waals surface area contributed by atoms with Gasteiger partial charge in [0.2, 0.25) is 0 Å². The number of hydrogen-bond donors (Lipinski definition) is 1. The fourth-order valence-electron chi connectivity index (χ4n) is 4.22. The second-order valence-corrected chi connectivity index (χ2v) is 9.57. The van der Waals surface area contributed by atoms with Crippen molar-refractivity contribution in [2.75, 3.05) is 10.2 Å². The number of anilines is 2. The lowest BCUT2D eigenvalue weighted by molar-refractivity contribution is -0.120. The second kappa shape index (κ2) is 10.2. The molecule has 174 valence electrons. The lowest BCUT2D eigenvalue weighted by Crippen LogP contribution is -2.32. The first kappa shape index (κ1) is 22.9. The summed E-state index contributed by atoms with van der Waals surface area (Å²) in [6.07, 6.45) is 3.22. The smallest absolute Gasteiger partial charge is 0.283 e. The predicted octanol–water partition coefficient (Wildman–Crippen LogP) is 7.17. The van der Waals surface area contributed by atoms with Crippen molar-refractivity contribution in [1.29, 1.82) is 0 Å². The van der Waals surface area contributed by atoms with E-state index >= 15 is 0 Å². The Morgan fingerprint density at radius 1 is 0.771 bits per heavy atom. The summed E-state index contributed by atoms with van der Waals surface area (Å²) in [4.78, 5) is 29.9. The molecule has 4 aromatic rings. The number of fused-ring (bicyclic) bond motifs is 1. The van der Waals surface area contributed by atoms with E-state index in [1.54, 1.807) is 0 Å². The highest BCUT2D eigenvalue weighted by Crippen LogP contribution is 2.38. The molecule has 2 amide bonds. The number of unbranched alkanes of at least 4 members (excludes halogenated alkanes) is 1. The Morgan fingerprint density at radius 2 is 1.49 bits per heavy atom. The maximum Gasteiger partial charge on any atom is 0.283 e. The number of aryl methyl sites for hydroxylation is 1. The van der Waals surface area contributed by atoms with Crippen LogP contribution in [0.3, 0.4) is 0 Å². The third-order valence-electron chi connectivity index (χ3n) is 6.07. The van der Waals surface area contributed by atoms with Crippen LogP contribution in [0.1, 0.15) is 25.3 Å². The molecule has 0 aliphatic carbocycles. The summed E-state index contributed by atoms with van der Waals surface area (Å²) >= 11 is 1.31. The van der Waals surface area contributed by atoms with Crippen LogP contribution < -0.4 is 10.2 Å². The molecule has 1 aliphatic heterocycles. The van der Waals surface area contributed by atoms with E-state index in [-0.39, 0.29) is 11.8 Å². The molecule has 35 heavy (non-hydrogen) atoms. The highest BCUT2D eigenvalue weighted by Gasteiger charge is 2.40. The van der Waals surface area contributed by atoms with E-state index in [1.807, 2.05) is 97.1 Å². The summed E-state index contributed by atoms with van der Waals surface area (Å²) in [5.74, 6) is -0.657. The van der Waals surface area contributed by atoms with Gasteiger partial charge < -0.3 is 5.32 Å². The maximum atomic E-state index is 13.7. The summed E-state index contributed by atoms with van der Waals surface area (Å²) in [6.45, 7) is 2.16. The van der Waals surface area contributed by atoms with Crippen molar-refractivity contribution in [2.45, 2.75) is 31.1 Å². The molecule has 4 aromatic carbocycles. The van der Waals surface area contributed by atoms with Gasteiger partial charge in [-0.25, -0.2) is 4.90 Å². The van der Waals surface area contributed by atoms with Crippen LogP contribution in [0.25, 0.3) is 10.8 Å². The molecule has 0 radical (unpaired) electrons. The lowest BCUT2D eigenvalue weighted by atomic mass is 10.1. The number of benzene rings is 4. The Morgan fingerprint density at radius 3 is 2.26 bits per heavy atom. The molecule has 5 heteroatoms. The fraction of sp³-hybridized carbons (Fsp3) is 0.133. The molecular weight excluding hydrogens is 452 g/mol. The number of amides is 2. The minimum atomic E-state index is -0.345. The van der Waals surface area contributed by atoms with Gasteiger partial charge in [-0.1, -0.05) is 91.8 Å². The molecule has 0 atom stereocenters. The van der Waals surface area contributed by atoms with Crippen LogP contribution in [-0.4, -0.2) is 11.8 Å². The van der Waals surface area contributed by atoms with Gasteiger partial charge in [0.25, 0.3) is 11.8 Å². The molecule has 0 spiro atoms. The van der Waals surface area contributed by atoms with Gasteiger partial charge >= 0.3 is 0 Å². The summed E-state index contributed by atoms with van der Waals surface area (Å²) in [5.41, 5.74) is 2.88. The van der Waals surface area contributed by atoms with Crippen LogP contribution in [0.2, 0.25) is 0 Å². The van der Waals surface area contributed by atoms with Crippen molar-refractivity contribution in [3.05, 3.63) is 113 Å². The largest absolute Gasteiger partial charge is 0.349 e. The summed E-state index contributed by atoms with van der Waals surface area (Å²) in [5, 5.41) is 5.37. The molecule has 1 N–H and O–H groups in total. The van der Waals surface area contributed by atoms with E-state index in [0.29, 0.717) is 16.3 Å². The zero-order valence-electron chi connectivity index (χ0n) is 19.5. The van der Waals surface area contributed by atoms with Crippen LogP contribution in [0.4, 0.5) is 11.4 Å². The quantitative estimate of drug-likeness (QED) is 0.273. The summed E-state index contributed by atoms with van der Waals surface area (Å²) in [6, 6.07) is 31.3. The van der Waals surface area contributed by atoms with Gasteiger partial charge in [0.1, 0.15) is 10.6 Å². The molecule has 0 saturated heterocycles. The zero-order valence-corrected chi connectivity index (χ0v) is 20.3.